The second-order valence-electron chi connectivity index (χ2n) is 7.39. The molecule has 0 bridgehead atoms. The van der Waals surface area contributed by atoms with E-state index in [-0.39, 0.29) is 29.4 Å². The summed E-state index contributed by atoms with van der Waals surface area (Å²) in [6, 6.07) is 4.46. The molecule has 1 aromatic rings. The molecule has 2 fully saturated rings. The summed E-state index contributed by atoms with van der Waals surface area (Å²) >= 11 is 3.70. The molecular weight excluding hydrogens is 477 g/mol. The van der Waals surface area contributed by atoms with Gasteiger partial charge in [-0.25, -0.2) is 0 Å². The van der Waals surface area contributed by atoms with E-state index < -0.39 is 5.60 Å². The molecule has 3 rings (SSSR count). The predicted octanol–water partition coefficient (Wildman–Crippen LogP) is 3.99. The van der Waals surface area contributed by atoms with Crippen LogP contribution in [0, 0.1) is 0 Å². The van der Waals surface area contributed by atoms with E-state index in [1.165, 1.54) is 37.0 Å². The molecule has 2 aliphatic rings. The number of hydrogen-bond acceptors (Lipinski definition) is 4. The molecule has 1 aliphatic carbocycles. The van der Waals surface area contributed by atoms with Gasteiger partial charge in [0, 0.05) is 29.1 Å². The lowest BCUT2D eigenvalue weighted by Crippen LogP contribution is -2.47. The van der Waals surface area contributed by atoms with Crippen LogP contribution in [0.4, 0.5) is 0 Å². The number of nitrogens with zero attached hydrogens (tertiary/aromatic N) is 1. The third-order valence-electron chi connectivity index (χ3n) is 5.41. The van der Waals surface area contributed by atoms with Crippen LogP contribution in [-0.2, 0) is 5.41 Å². The van der Waals surface area contributed by atoms with Gasteiger partial charge in [0.05, 0.1) is 12.1 Å². The van der Waals surface area contributed by atoms with E-state index in [1.54, 1.807) is 0 Å². The Morgan fingerprint density at radius 2 is 2.04 bits per heavy atom. The van der Waals surface area contributed by atoms with Crippen molar-refractivity contribution >= 4 is 53.0 Å². The van der Waals surface area contributed by atoms with E-state index in [4.69, 9.17) is 4.99 Å². The highest BCUT2D eigenvalue weighted by Crippen LogP contribution is 2.41. The third-order valence-corrected chi connectivity index (χ3v) is 7.76. The molecule has 26 heavy (non-hydrogen) atoms. The molecule has 2 heterocycles. The number of rotatable bonds is 6. The van der Waals surface area contributed by atoms with Crippen LogP contribution >= 0.6 is 47.1 Å². The number of aliphatic hydroxyl groups is 1. The van der Waals surface area contributed by atoms with E-state index >= 15 is 0 Å². The third kappa shape index (κ3) is 5.75. The monoisotopic (exact) mass is 509 g/mol. The first-order chi connectivity index (χ1) is 12.2. The molecule has 4 nitrogen and oxygen atoms in total. The fourth-order valence-corrected chi connectivity index (χ4v) is 6.13. The summed E-state index contributed by atoms with van der Waals surface area (Å²) in [6.07, 6.45) is 7.32. The Morgan fingerprint density at radius 1 is 1.23 bits per heavy atom. The molecule has 1 aromatic heterocycles. The summed E-state index contributed by atoms with van der Waals surface area (Å²) in [5, 5.41) is 19.7. The Labute approximate surface area is 183 Å². The van der Waals surface area contributed by atoms with Crippen molar-refractivity contribution in [2.45, 2.75) is 56.5 Å². The summed E-state index contributed by atoms with van der Waals surface area (Å²) in [5.74, 6) is 2.68. The van der Waals surface area contributed by atoms with Gasteiger partial charge in [0.2, 0.25) is 0 Å². The van der Waals surface area contributed by atoms with Crippen LogP contribution < -0.4 is 10.6 Å². The van der Waals surface area contributed by atoms with Crippen LogP contribution in [-0.4, -0.2) is 47.8 Å². The molecular formula is C19H32IN3OS2. The van der Waals surface area contributed by atoms with Gasteiger partial charge in [-0.3, -0.25) is 4.99 Å². The number of nitrogens with one attached hydrogen (secondary N) is 2. The number of aliphatic imine (C=N–C) groups is 1. The van der Waals surface area contributed by atoms with Gasteiger partial charge in [0.25, 0.3) is 0 Å². The van der Waals surface area contributed by atoms with Gasteiger partial charge in [-0.2, -0.15) is 11.8 Å². The highest BCUT2D eigenvalue weighted by molar-refractivity contribution is 14.0. The van der Waals surface area contributed by atoms with Crippen molar-refractivity contribution in [3.05, 3.63) is 22.4 Å². The van der Waals surface area contributed by atoms with E-state index in [0.29, 0.717) is 6.54 Å². The molecule has 148 valence electrons. The smallest absolute Gasteiger partial charge is 0.191 e. The molecule has 0 aromatic carbocycles. The number of guanidine groups is 1. The quantitative estimate of drug-likeness (QED) is 0.309. The van der Waals surface area contributed by atoms with Gasteiger partial charge in [-0.1, -0.05) is 25.3 Å². The van der Waals surface area contributed by atoms with Gasteiger partial charge >= 0.3 is 0 Å². The number of thioether (sulfide) groups is 1. The van der Waals surface area contributed by atoms with Crippen LogP contribution in [0.25, 0.3) is 0 Å². The lowest BCUT2D eigenvalue weighted by Gasteiger charge is -2.37. The fourth-order valence-electron chi connectivity index (χ4n) is 3.86. The minimum atomic E-state index is -0.622. The molecule has 1 unspecified atom stereocenters. The van der Waals surface area contributed by atoms with E-state index in [2.05, 4.69) is 35.1 Å². The largest absolute Gasteiger partial charge is 0.387 e. The topological polar surface area (TPSA) is 56.7 Å². The van der Waals surface area contributed by atoms with Crippen molar-refractivity contribution in [3.8, 4) is 0 Å². The normalized spacial score (nSPS) is 25.5. The summed E-state index contributed by atoms with van der Waals surface area (Å²) in [7, 11) is 0. The maximum atomic E-state index is 10.5. The Balaban J connectivity index is 0.00000243. The SMILES string of the molecule is CCNC(=NCC1(O)CCSC1)NCC1(c2cccs2)CCCCC1.I. The van der Waals surface area contributed by atoms with Gasteiger partial charge in [0.1, 0.15) is 0 Å². The Kier molecular flexibility index (Phi) is 9.03. The van der Waals surface area contributed by atoms with Gasteiger partial charge in [-0.05, 0) is 43.4 Å². The predicted molar refractivity (Wildman–Crippen MR) is 125 cm³/mol. The second kappa shape index (κ2) is 10.5. The van der Waals surface area contributed by atoms with E-state index in [9.17, 15) is 5.11 Å². The zero-order chi connectivity index (χ0) is 17.6. The van der Waals surface area contributed by atoms with Crippen molar-refractivity contribution in [2.75, 3.05) is 31.1 Å². The van der Waals surface area contributed by atoms with Crippen LogP contribution in [0.2, 0.25) is 0 Å². The maximum Gasteiger partial charge on any atom is 0.191 e. The molecule has 3 N–H and O–H groups in total. The van der Waals surface area contributed by atoms with Crippen molar-refractivity contribution in [1.82, 2.24) is 10.6 Å². The molecule has 1 atom stereocenters. The number of hydrogen-bond donors (Lipinski definition) is 3. The van der Waals surface area contributed by atoms with Gasteiger partial charge in [0.15, 0.2) is 5.96 Å². The zero-order valence-electron chi connectivity index (χ0n) is 15.6. The Morgan fingerprint density at radius 3 is 2.65 bits per heavy atom. The van der Waals surface area contributed by atoms with Gasteiger partial charge < -0.3 is 15.7 Å². The average Bonchev–Trinajstić information content (AvgIpc) is 3.31. The number of halogens is 1. The van der Waals surface area contributed by atoms with Crippen molar-refractivity contribution < 1.29 is 5.11 Å². The molecule has 1 saturated heterocycles. The van der Waals surface area contributed by atoms with Gasteiger partial charge in [-0.15, -0.1) is 35.3 Å². The highest BCUT2D eigenvalue weighted by Gasteiger charge is 2.35. The van der Waals surface area contributed by atoms with Crippen LogP contribution in [0.5, 0.6) is 0 Å². The first-order valence-electron chi connectivity index (χ1n) is 9.52. The van der Waals surface area contributed by atoms with Crippen molar-refractivity contribution in [2.24, 2.45) is 4.99 Å². The summed E-state index contributed by atoms with van der Waals surface area (Å²) in [4.78, 5) is 6.20. The van der Waals surface area contributed by atoms with Crippen molar-refractivity contribution in [3.63, 3.8) is 0 Å². The lowest BCUT2D eigenvalue weighted by atomic mass is 9.73. The Bertz CT molecular complexity index is 553. The molecule has 0 amide bonds. The molecule has 7 heteroatoms. The highest BCUT2D eigenvalue weighted by atomic mass is 127. The molecule has 0 spiro atoms. The fraction of sp³-hybridized carbons (Fsp3) is 0.737. The van der Waals surface area contributed by atoms with E-state index in [0.717, 1.165) is 37.0 Å². The average molecular weight is 510 g/mol. The molecule has 1 aliphatic heterocycles. The second-order valence-corrected chi connectivity index (χ2v) is 9.45. The van der Waals surface area contributed by atoms with Crippen LogP contribution in [0.15, 0.2) is 22.5 Å². The summed E-state index contributed by atoms with van der Waals surface area (Å²) in [6.45, 7) is 4.34. The standard InChI is InChI=1S/C19H31N3OS2.HI/c1-2-20-17(22-14-19(23)10-12-24-15-19)21-13-18(8-4-3-5-9-18)16-7-6-11-25-16;/h6-7,11,23H,2-5,8-10,12-15H2,1H3,(H2,20,21,22);1H. The minimum absolute atomic E-state index is 0. The number of thiophene rings is 1. The first kappa shape index (κ1) is 22.3. The van der Waals surface area contributed by atoms with Crippen LogP contribution in [0.1, 0.15) is 50.3 Å². The van der Waals surface area contributed by atoms with Crippen LogP contribution in [0.3, 0.4) is 0 Å². The van der Waals surface area contributed by atoms with E-state index in [1.807, 2.05) is 23.1 Å². The Hall–Kier alpha value is 0.01000. The maximum absolute atomic E-state index is 10.5. The first-order valence-corrected chi connectivity index (χ1v) is 11.6. The lowest BCUT2D eigenvalue weighted by molar-refractivity contribution is 0.0778. The summed E-state index contributed by atoms with van der Waals surface area (Å²) in [5.41, 5.74) is -0.383. The minimum Gasteiger partial charge on any atom is -0.387 e. The molecule has 1 saturated carbocycles. The van der Waals surface area contributed by atoms with Crippen molar-refractivity contribution in [1.29, 1.82) is 0 Å². The zero-order valence-corrected chi connectivity index (χ0v) is 19.6. The molecule has 0 radical (unpaired) electrons. The summed E-state index contributed by atoms with van der Waals surface area (Å²) < 4.78 is 0.